The van der Waals surface area contributed by atoms with Crippen molar-refractivity contribution in [2.45, 2.75) is 12.7 Å². The summed E-state index contributed by atoms with van der Waals surface area (Å²) in [5.41, 5.74) is 0.950. The van der Waals surface area contributed by atoms with Crippen molar-refractivity contribution in [3.8, 4) is 0 Å². The summed E-state index contributed by atoms with van der Waals surface area (Å²) in [5.74, 6) is -0.927. The van der Waals surface area contributed by atoms with E-state index in [1.807, 2.05) is 30.3 Å². The lowest BCUT2D eigenvalue weighted by Gasteiger charge is -2.11. The molecule has 0 aliphatic carbocycles. The second-order valence-corrected chi connectivity index (χ2v) is 4.05. The first kappa shape index (κ1) is 14.1. The molecule has 0 aliphatic rings. The molecule has 2 N–H and O–H groups in total. The van der Waals surface area contributed by atoms with Crippen LogP contribution in [0.25, 0.3) is 0 Å². The van der Waals surface area contributed by atoms with Crippen LogP contribution in [0.2, 0.25) is 0 Å². The van der Waals surface area contributed by atoms with Crippen LogP contribution in [0.15, 0.2) is 36.4 Å². The first-order valence-corrected chi connectivity index (χ1v) is 5.91. The second kappa shape index (κ2) is 5.77. The largest absolute Gasteiger partial charge is 0.451 e. The van der Waals surface area contributed by atoms with E-state index in [2.05, 4.69) is 20.6 Å². The van der Waals surface area contributed by atoms with Crippen LogP contribution in [0, 0.1) is 0 Å². The molecule has 0 aliphatic heterocycles. The van der Waals surface area contributed by atoms with E-state index >= 15 is 0 Å². The van der Waals surface area contributed by atoms with Gasteiger partial charge in [-0.05, 0) is 5.56 Å². The van der Waals surface area contributed by atoms with Crippen molar-refractivity contribution in [3.63, 3.8) is 0 Å². The molecule has 20 heavy (non-hydrogen) atoms. The topological polar surface area (TPSA) is 49.8 Å². The number of halogens is 3. The standard InChI is InChI=1S/C13H13F3N4/c1-17-10-7-11(20-12(19-10)13(14,15)16)18-8-9-5-3-2-4-6-9/h2-7H,8H2,1H3,(H2,17,18,19,20). The fraction of sp³-hybridized carbons (Fsp3) is 0.231. The van der Waals surface area contributed by atoms with Crippen LogP contribution in [-0.4, -0.2) is 17.0 Å². The van der Waals surface area contributed by atoms with Gasteiger partial charge in [0.2, 0.25) is 5.82 Å². The van der Waals surface area contributed by atoms with E-state index in [0.717, 1.165) is 5.56 Å². The number of hydrogen-bond acceptors (Lipinski definition) is 4. The summed E-state index contributed by atoms with van der Waals surface area (Å²) in [5, 5.41) is 5.44. The van der Waals surface area contributed by atoms with Crippen LogP contribution in [0.1, 0.15) is 11.4 Å². The Morgan fingerprint density at radius 3 is 2.30 bits per heavy atom. The zero-order chi connectivity index (χ0) is 14.6. The van der Waals surface area contributed by atoms with E-state index in [1.165, 1.54) is 13.1 Å². The smallest absolute Gasteiger partial charge is 0.373 e. The number of hydrogen-bond donors (Lipinski definition) is 2. The number of aromatic nitrogens is 2. The van der Waals surface area contributed by atoms with Gasteiger partial charge in [0.25, 0.3) is 0 Å². The van der Waals surface area contributed by atoms with Crippen LogP contribution in [0.4, 0.5) is 24.8 Å². The quantitative estimate of drug-likeness (QED) is 0.904. The molecule has 0 bridgehead atoms. The fourth-order valence-corrected chi connectivity index (χ4v) is 1.58. The van der Waals surface area contributed by atoms with Gasteiger partial charge in [0, 0.05) is 19.7 Å². The average molecular weight is 282 g/mol. The third kappa shape index (κ3) is 3.59. The van der Waals surface area contributed by atoms with Gasteiger partial charge in [0.15, 0.2) is 0 Å². The van der Waals surface area contributed by atoms with Crippen molar-refractivity contribution in [1.82, 2.24) is 9.97 Å². The van der Waals surface area contributed by atoms with Crippen LogP contribution in [0.3, 0.4) is 0 Å². The van der Waals surface area contributed by atoms with Gasteiger partial charge < -0.3 is 10.6 Å². The van der Waals surface area contributed by atoms with Crippen molar-refractivity contribution in [2.75, 3.05) is 17.7 Å². The molecule has 0 unspecified atom stereocenters. The highest BCUT2D eigenvalue weighted by atomic mass is 19.4. The van der Waals surface area contributed by atoms with E-state index in [4.69, 9.17) is 0 Å². The fourth-order valence-electron chi connectivity index (χ4n) is 1.58. The maximum Gasteiger partial charge on any atom is 0.451 e. The summed E-state index contributed by atoms with van der Waals surface area (Å²) in [4.78, 5) is 6.87. The Morgan fingerprint density at radius 1 is 1.05 bits per heavy atom. The summed E-state index contributed by atoms with van der Waals surface area (Å²) < 4.78 is 38.0. The van der Waals surface area contributed by atoms with Gasteiger partial charge in [-0.1, -0.05) is 30.3 Å². The molecular weight excluding hydrogens is 269 g/mol. The number of benzene rings is 1. The highest BCUT2D eigenvalue weighted by Gasteiger charge is 2.35. The van der Waals surface area contributed by atoms with E-state index in [0.29, 0.717) is 6.54 Å². The Hall–Kier alpha value is -2.31. The molecular formula is C13H13F3N4. The van der Waals surface area contributed by atoms with E-state index in [1.54, 1.807) is 0 Å². The molecule has 2 aromatic rings. The second-order valence-electron chi connectivity index (χ2n) is 4.05. The minimum atomic E-state index is -4.57. The lowest BCUT2D eigenvalue weighted by atomic mass is 10.2. The van der Waals surface area contributed by atoms with Crippen molar-refractivity contribution >= 4 is 11.6 Å². The highest BCUT2D eigenvalue weighted by Crippen LogP contribution is 2.28. The third-order valence-corrected chi connectivity index (χ3v) is 2.55. The van der Waals surface area contributed by atoms with E-state index < -0.39 is 12.0 Å². The number of alkyl halides is 3. The summed E-state index contributed by atoms with van der Waals surface area (Å²) in [6.07, 6.45) is -4.57. The Kier molecular flexibility index (Phi) is 4.07. The zero-order valence-corrected chi connectivity index (χ0v) is 10.7. The maximum absolute atomic E-state index is 12.7. The summed E-state index contributed by atoms with van der Waals surface area (Å²) in [7, 11) is 1.50. The predicted octanol–water partition coefficient (Wildman–Crippen LogP) is 3.15. The number of rotatable bonds is 4. The molecule has 0 radical (unpaired) electrons. The summed E-state index contributed by atoms with van der Waals surface area (Å²) in [6, 6.07) is 10.8. The highest BCUT2D eigenvalue weighted by molar-refractivity contribution is 5.47. The molecule has 106 valence electrons. The number of nitrogens with one attached hydrogen (secondary N) is 2. The minimum Gasteiger partial charge on any atom is -0.373 e. The molecule has 1 heterocycles. The molecule has 4 nitrogen and oxygen atoms in total. The zero-order valence-electron chi connectivity index (χ0n) is 10.7. The van der Waals surface area contributed by atoms with Gasteiger partial charge in [0.05, 0.1) is 0 Å². The number of nitrogens with zero attached hydrogens (tertiary/aromatic N) is 2. The van der Waals surface area contributed by atoms with Gasteiger partial charge in [0.1, 0.15) is 11.6 Å². The molecule has 2 rings (SSSR count). The van der Waals surface area contributed by atoms with E-state index in [9.17, 15) is 13.2 Å². The van der Waals surface area contributed by atoms with Crippen LogP contribution in [0.5, 0.6) is 0 Å². The first-order chi connectivity index (χ1) is 9.49. The Balaban J connectivity index is 2.19. The third-order valence-electron chi connectivity index (χ3n) is 2.55. The van der Waals surface area contributed by atoms with Gasteiger partial charge in [-0.3, -0.25) is 0 Å². The molecule has 0 saturated heterocycles. The minimum absolute atomic E-state index is 0.114. The molecule has 1 aromatic carbocycles. The molecule has 0 atom stereocenters. The molecule has 0 fully saturated rings. The SMILES string of the molecule is CNc1cc(NCc2ccccc2)nc(C(F)(F)F)n1. The maximum atomic E-state index is 12.7. The average Bonchev–Trinajstić information content (AvgIpc) is 2.45. The monoisotopic (exact) mass is 282 g/mol. The molecule has 7 heteroatoms. The first-order valence-electron chi connectivity index (χ1n) is 5.91. The Labute approximate surface area is 114 Å². The van der Waals surface area contributed by atoms with E-state index in [-0.39, 0.29) is 11.6 Å². The van der Waals surface area contributed by atoms with Gasteiger partial charge in [-0.15, -0.1) is 0 Å². The van der Waals surface area contributed by atoms with Crippen molar-refractivity contribution in [1.29, 1.82) is 0 Å². The molecule has 0 saturated carbocycles. The van der Waals surface area contributed by atoms with Gasteiger partial charge in [-0.2, -0.15) is 13.2 Å². The van der Waals surface area contributed by atoms with Gasteiger partial charge >= 0.3 is 6.18 Å². The lowest BCUT2D eigenvalue weighted by molar-refractivity contribution is -0.144. The Bertz CT molecular complexity index is 570. The Morgan fingerprint density at radius 2 is 1.70 bits per heavy atom. The lowest BCUT2D eigenvalue weighted by Crippen LogP contribution is -2.14. The van der Waals surface area contributed by atoms with Crippen LogP contribution >= 0.6 is 0 Å². The summed E-state index contributed by atoms with van der Waals surface area (Å²) in [6.45, 7) is 0.387. The molecule has 1 aromatic heterocycles. The predicted molar refractivity (Wildman–Crippen MR) is 70.3 cm³/mol. The summed E-state index contributed by atoms with van der Waals surface area (Å²) >= 11 is 0. The molecule has 0 amide bonds. The van der Waals surface area contributed by atoms with Crippen LogP contribution in [-0.2, 0) is 12.7 Å². The normalized spacial score (nSPS) is 11.2. The van der Waals surface area contributed by atoms with Crippen molar-refractivity contribution in [3.05, 3.63) is 47.8 Å². The molecule has 0 spiro atoms. The van der Waals surface area contributed by atoms with Crippen molar-refractivity contribution < 1.29 is 13.2 Å². The number of anilines is 2. The van der Waals surface area contributed by atoms with Gasteiger partial charge in [-0.25, -0.2) is 9.97 Å². The van der Waals surface area contributed by atoms with Crippen molar-refractivity contribution in [2.24, 2.45) is 0 Å². The van der Waals surface area contributed by atoms with Crippen LogP contribution < -0.4 is 10.6 Å².